The van der Waals surface area contributed by atoms with E-state index in [-0.39, 0.29) is 12.5 Å². The normalized spacial score (nSPS) is 14.2. The van der Waals surface area contributed by atoms with E-state index in [9.17, 15) is 9.90 Å². The van der Waals surface area contributed by atoms with Crippen LogP contribution in [0.1, 0.15) is 36.2 Å². The lowest BCUT2D eigenvalue weighted by Gasteiger charge is -2.27. The molecule has 0 aromatic heterocycles. The predicted octanol–water partition coefficient (Wildman–Crippen LogP) is 2.54. The molecule has 0 heterocycles. The molecule has 1 aromatic carbocycles. The number of aryl methyl sites for hydroxylation is 1. The maximum absolute atomic E-state index is 12.0. The monoisotopic (exact) mass is 255 g/mol. The van der Waals surface area contributed by atoms with Gasteiger partial charge in [-0.15, -0.1) is 0 Å². The Labute approximate surface area is 107 Å². The van der Waals surface area contributed by atoms with Crippen LogP contribution in [0.4, 0.5) is 0 Å². The van der Waals surface area contributed by atoms with Crippen molar-refractivity contribution in [1.29, 1.82) is 0 Å². The molecule has 0 radical (unpaired) electrons. The van der Waals surface area contributed by atoms with E-state index in [2.05, 4.69) is 5.32 Å². The van der Waals surface area contributed by atoms with Crippen molar-refractivity contribution in [1.82, 2.24) is 5.32 Å². The molecule has 4 heteroatoms. The standard InChI is InChI=1S/C13H18ClNO2/c1-4-13(3,8-16)15-12(17)11-6-5-10(14)7-9(11)2/h5-7,16H,4,8H2,1-3H3,(H,15,17)/t13-/m1/s1. The zero-order valence-electron chi connectivity index (χ0n) is 10.4. The van der Waals surface area contributed by atoms with E-state index >= 15 is 0 Å². The maximum atomic E-state index is 12.0. The van der Waals surface area contributed by atoms with E-state index in [1.165, 1.54) is 0 Å². The molecule has 0 bridgehead atoms. The van der Waals surface area contributed by atoms with E-state index in [1.807, 2.05) is 20.8 Å². The van der Waals surface area contributed by atoms with Gasteiger partial charge in [-0.3, -0.25) is 4.79 Å². The molecule has 0 fully saturated rings. The molecule has 2 N–H and O–H groups in total. The van der Waals surface area contributed by atoms with E-state index in [0.717, 1.165) is 5.56 Å². The van der Waals surface area contributed by atoms with Crippen molar-refractivity contribution in [2.45, 2.75) is 32.7 Å². The minimum absolute atomic E-state index is 0.0815. The number of aliphatic hydroxyl groups excluding tert-OH is 1. The fourth-order valence-electron chi connectivity index (χ4n) is 1.46. The van der Waals surface area contributed by atoms with Crippen molar-refractivity contribution < 1.29 is 9.90 Å². The van der Waals surface area contributed by atoms with Crippen LogP contribution in [0.3, 0.4) is 0 Å². The Balaban J connectivity index is 2.90. The van der Waals surface area contributed by atoms with Crippen molar-refractivity contribution in [2.24, 2.45) is 0 Å². The summed E-state index contributed by atoms with van der Waals surface area (Å²) in [5.41, 5.74) is 0.831. The Morgan fingerprint density at radius 2 is 2.18 bits per heavy atom. The molecule has 94 valence electrons. The van der Waals surface area contributed by atoms with Gasteiger partial charge in [0.1, 0.15) is 0 Å². The Morgan fingerprint density at radius 3 is 2.65 bits per heavy atom. The number of halogens is 1. The summed E-state index contributed by atoms with van der Waals surface area (Å²) in [5, 5.41) is 12.7. The fraction of sp³-hybridized carbons (Fsp3) is 0.462. The van der Waals surface area contributed by atoms with Crippen molar-refractivity contribution in [3.63, 3.8) is 0 Å². The van der Waals surface area contributed by atoms with Crippen molar-refractivity contribution in [3.05, 3.63) is 34.3 Å². The third kappa shape index (κ3) is 3.45. The summed E-state index contributed by atoms with van der Waals surface area (Å²) in [5.74, 6) is -0.183. The summed E-state index contributed by atoms with van der Waals surface area (Å²) < 4.78 is 0. The fourth-order valence-corrected chi connectivity index (χ4v) is 1.69. The van der Waals surface area contributed by atoms with Gasteiger partial charge in [0.2, 0.25) is 0 Å². The first-order valence-electron chi connectivity index (χ1n) is 5.61. The molecule has 1 rings (SSSR count). The van der Waals surface area contributed by atoms with Crippen LogP contribution < -0.4 is 5.32 Å². The number of benzene rings is 1. The second-order valence-corrected chi connectivity index (χ2v) is 4.92. The number of aliphatic hydroxyl groups is 1. The van der Waals surface area contributed by atoms with Crippen molar-refractivity contribution in [2.75, 3.05) is 6.61 Å². The highest BCUT2D eigenvalue weighted by atomic mass is 35.5. The molecular weight excluding hydrogens is 238 g/mol. The molecule has 0 aliphatic carbocycles. The second kappa shape index (κ2) is 5.52. The molecule has 1 aromatic rings. The molecule has 0 saturated heterocycles. The van der Waals surface area contributed by atoms with Crippen LogP contribution in [0.25, 0.3) is 0 Å². The zero-order chi connectivity index (χ0) is 13.1. The summed E-state index contributed by atoms with van der Waals surface area (Å²) in [6.45, 7) is 5.49. The van der Waals surface area contributed by atoms with Gasteiger partial charge in [0.05, 0.1) is 12.1 Å². The first-order chi connectivity index (χ1) is 7.91. The minimum atomic E-state index is -0.580. The molecule has 0 unspecified atom stereocenters. The summed E-state index contributed by atoms with van der Waals surface area (Å²) >= 11 is 5.84. The number of carbonyl (C=O) groups is 1. The molecule has 0 spiro atoms. The Bertz CT molecular complexity index is 414. The molecule has 1 atom stereocenters. The van der Waals surface area contributed by atoms with Gasteiger partial charge in [-0.1, -0.05) is 18.5 Å². The average molecular weight is 256 g/mol. The summed E-state index contributed by atoms with van der Waals surface area (Å²) in [6.07, 6.45) is 0.669. The molecule has 0 aliphatic rings. The highest BCUT2D eigenvalue weighted by molar-refractivity contribution is 6.30. The van der Waals surface area contributed by atoms with E-state index < -0.39 is 5.54 Å². The van der Waals surface area contributed by atoms with Crippen LogP contribution in [-0.4, -0.2) is 23.2 Å². The molecule has 17 heavy (non-hydrogen) atoms. The summed E-state index contributed by atoms with van der Waals surface area (Å²) in [4.78, 5) is 12.0. The largest absolute Gasteiger partial charge is 0.394 e. The van der Waals surface area contributed by atoms with Gasteiger partial charge in [-0.25, -0.2) is 0 Å². The van der Waals surface area contributed by atoms with E-state index in [0.29, 0.717) is 17.0 Å². The molecule has 0 saturated carbocycles. The highest BCUT2D eigenvalue weighted by Gasteiger charge is 2.24. The molecule has 1 amide bonds. The topological polar surface area (TPSA) is 49.3 Å². The van der Waals surface area contributed by atoms with E-state index in [1.54, 1.807) is 18.2 Å². The number of amides is 1. The van der Waals surface area contributed by atoms with Gasteiger partial charge in [-0.2, -0.15) is 0 Å². The Morgan fingerprint density at radius 1 is 1.53 bits per heavy atom. The minimum Gasteiger partial charge on any atom is -0.394 e. The zero-order valence-corrected chi connectivity index (χ0v) is 11.1. The maximum Gasteiger partial charge on any atom is 0.252 e. The van der Waals surface area contributed by atoms with Gasteiger partial charge in [-0.05, 0) is 44.0 Å². The first-order valence-corrected chi connectivity index (χ1v) is 5.99. The van der Waals surface area contributed by atoms with Gasteiger partial charge in [0, 0.05) is 10.6 Å². The van der Waals surface area contributed by atoms with E-state index in [4.69, 9.17) is 11.6 Å². The lowest BCUT2D eigenvalue weighted by molar-refractivity contribution is 0.0847. The number of carbonyl (C=O) groups excluding carboxylic acids is 1. The molecule has 3 nitrogen and oxygen atoms in total. The Hall–Kier alpha value is -1.06. The molecular formula is C13H18ClNO2. The first kappa shape index (κ1) is 14.0. The van der Waals surface area contributed by atoms with Crippen LogP contribution in [0.5, 0.6) is 0 Å². The van der Waals surface area contributed by atoms with Crippen LogP contribution >= 0.6 is 11.6 Å². The van der Waals surface area contributed by atoms with Crippen molar-refractivity contribution >= 4 is 17.5 Å². The lowest BCUT2D eigenvalue weighted by Crippen LogP contribution is -2.48. The smallest absolute Gasteiger partial charge is 0.252 e. The van der Waals surface area contributed by atoms with Gasteiger partial charge in [0.25, 0.3) is 5.91 Å². The third-order valence-corrected chi connectivity index (χ3v) is 3.21. The van der Waals surface area contributed by atoms with Gasteiger partial charge < -0.3 is 10.4 Å². The van der Waals surface area contributed by atoms with Crippen LogP contribution in [0, 0.1) is 6.92 Å². The summed E-state index contributed by atoms with van der Waals surface area (Å²) in [6, 6.07) is 5.13. The van der Waals surface area contributed by atoms with Crippen LogP contribution in [-0.2, 0) is 0 Å². The van der Waals surface area contributed by atoms with Crippen LogP contribution in [0.15, 0.2) is 18.2 Å². The molecule has 0 aliphatic heterocycles. The number of nitrogens with one attached hydrogen (secondary N) is 1. The Kier molecular flexibility index (Phi) is 4.54. The average Bonchev–Trinajstić information content (AvgIpc) is 2.28. The highest BCUT2D eigenvalue weighted by Crippen LogP contribution is 2.16. The number of hydrogen-bond acceptors (Lipinski definition) is 2. The summed E-state index contributed by atoms with van der Waals surface area (Å²) in [7, 11) is 0. The lowest BCUT2D eigenvalue weighted by atomic mass is 9.99. The predicted molar refractivity (Wildman–Crippen MR) is 69.4 cm³/mol. The van der Waals surface area contributed by atoms with Gasteiger partial charge in [0.15, 0.2) is 0 Å². The number of hydrogen-bond donors (Lipinski definition) is 2. The van der Waals surface area contributed by atoms with Gasteiger partial charge >= 0.3 is 0 Å². The van der Waals surface area contributed by atoms with Crippen LogP contribution in [0.2, 0.25) is 5.02 Å². The number of rotatable bonds is 4. The third-order valence-electron chi connectivity index (χ3n) is 2.98. The quantitative estimate of drug-likeness (QED) is 0.869. The second-order valence-electron chi connectivity index (χ2n) is 4.49. The SMILES string of the molecule is CC[C@](C)(CO)NC(=O)c1ccc(Cl)cc1C. The van der Waals surface area contributed by atoms with Crippen molar-refractivity contribution in [3.8, 4) is 0 Å².